The predicted molar refractivity (Wildman–Crippen MR) is 42.9 cm³/mol. The first-order valence-corrected chi connectivity index (χ1v) is 3.74. The van der Waals surface area contributed by atoms with E-state index in [-0.39, 0.29) is 12.3 Å². The Labute approximate surface area is 66.5 Å². The van der Waals surface area contributed by atoms with Crippen molar-refractivity contribution in [2.75, 3.05) is 13.6 Å². The monoisotopic (exact) mass is 163 g/mol. The van der Waals surface area contributed by atoms with Crippen LogP contribution in [0.1, 0.15) is 12.8 Å². The summed E-state index contributed by atoms with van der Waals surface area (Å²) in [7, 11) is 1.77. The third-order valence-electron chi connectivity index (χ3n) is 1.50. The van der Waals surface area contributed by atoms with Gasteiger partial charge in [0.15, 0.2) is 0 Å². The summed E-state index contributed by atoms with van der Waals surface area (Å²) in [6.45, 7) is 4.15. The zero-order valence-corrected chi connectivity index (χ0v) is 6.82. The molecule has 0 amide bonds. The van der Waals surface area contributed by atoms with E-state index in [2.05, 4.69) is 11.9 Å². The van der Waals surface area contributed by atoms with Crippen molar-refractivity contribution in [3.05, 3.63) is 12.7 Å². The maximum absolute atomic E-state index is 11.9. The van der Waals surface area contributed by atoms with Gasteiger partial charge in [0.05, 0.1) is 0 Å². The van der Waals surface area contributed by atoms with Crippen molar-refractivity contribution >= 4 is 0 Å². The Bertz CT molecular complexity index is 104. The van der Waals surface area contributed by atoms with Crippen molar-refractivity contribution in [3.8, 4) is 0 Å². The molecule has 0 bridgehead atoms. The van der Waals surface area contributed by atoms with Gasteiger partial charge >= 0.3 is 0 Å². The highest BCUT2D eigenvalue weighted by atomic mass is 19.3. The molecule has 0 spiro atoms. The molecular formula is C8H15F2N. The molecule has 11 heavy (non-hydrogen) atoms. The number of halogens is 2. The average molecular weight is 163 g/mol. The molecule has 0 rings (SSSR count). The average Bonchev–Trinajstić information content (AvgIpc) is 1.87. The van der Waals surface area contributed by atoms with Crippen LogP contribution in [0, 0.1) is 5.92 Å². The van der Waals surface area contributed by atoms with E-state index in [0.717, 1.165) is 0 Å². The van der Waals surface area contributed by atoms with Gasteiger partial charge in [0, 0.05) is 6.42 Å². The molecule has 0 saturated carbocycles. The standard InChI is InChI=1S/C8H15F2N/c1-3-4-7(6-11-2)5-8(9)10/h3,7-8,11H,1,4-6H2,2H3. The molecule has 66 valence electrons. The molecule has 1 N–H and O–H groups in total. The van der Waals surface area contributed by atoms with Crippen LogP contribution < -0.4 is 5.32 Å². The molecule has 0 aromatic rings. The molecule has 1 atom stereocenters. The molecule has 0 aliphatic rings. The summed E-state index contributed by atoms with van der Waals surface area (Å²) < 4.78 is 23.7. The van der Waals surface area contributed by atoms with Gasteiger partial charge in [-0.05, 0) is 25.9 Å². The van der Waals surface area contributed by atoms with E-state index < -0.39 is 6.43 Å². The molecule has 0 aliphatic heterocycles. The van der Waals surface area contributed by atoms with Crippen LogP contribution in [0.25, 0.3) is 0 Å². The van der Waals surface area contributed by atoms with Crippen molar-refractivity contribution in [1.29, 1.82) is 0 Å². The molecular weight excluding hydrogens is 148 g/mol. The van der Waals surface area contributed by atoms with Crippen LogP contribution in [0.5, 0.6) is 0 Å². The summed E-state index contributed by atoms with van der Waals surface area (Å²) in [5, 5.41) is 2.88. The zero-order valence-electron chi connectivity index (χ0n) is 6.82. The SMILES string of the molecule is C=CCC(CNC)CC(F)F. The van der Waals surface area contributed by atoms with E-state index in [1.165, 1.54) is 0 Å². The highest BCUT2D eigenvalue weighted by molar-refractivity contribution is 4.74. The Kier molecular flexibility index (Phi) is 6.03. The third-order valence-corrected chi connectivity index (χ3v) is 1.50. The molecule has 0 radical (unpaired) electrons. The van der Waals surface area contributed by atoms with Gasteiger partial charge in [-0.1, -0.05) is 6.08 Å². The maximum atomic E-state index is 11.9. The van der Waals surface area contributed by atoms with Crippen molar-refractivity contribution in [2.45, 2.75) is 19.3 Å². The number of allylic oxidation sites excluding steroid dienone is 1. The second-order valence-corrected chi connectivity index (χ2v) is 2.57. The molecule has 1 nitrogen and oxygen atoms in total. The zero-order chi connectivity index (χ0) is 8.69. The van der Waals surface area contributed by atoms with Crippen LogP contribution in [0.3, 0.4) is 0 Å². The summed E-state index contributed by atoms with van der Waals surface area (Å²) >= 11 is 0. The van der Waals surface area contributed by atoms with Crippen LogP contribution in [0.2, 0.25) is 0 Å². The molecule has 0 saturated heterocycles. The number of hydrogen-bond acceptors (Lipinski definition) is 1. The van der Waals surface area contributed by atoms with Gasteiger partial charge in [-0.15, -0.1) is 6.58 Å². The van der Waals surface area contributed by atoms with Crippen molar-refractivity contribution in [2.24, 2.45) is 5.92 Å². The second kappa shape index (κ2) is 6.28. The molecule has 3 heteroatoms. The summed E-state index contributed by atoms with van der Waals surface area (Å²) in [4.78, 5) is 0. The van der Waals surface area contributed by atoms with Gasteiger partial charge in [0.2, 0.25) is 6.43 Å². The quantitative estimate of drug-likeness (QED) is 0.591. The first-order chi connectivity index (χ1) is 5.20. The molecule has 0 aliphatic carbocycles. The smallest absolute Gasteiger partial charge is 0.239 e. The fraction of sp³-hybridized carbons (Fsp3) is 0.750. The molecule has 0 aromatic carbocycles. The molecule has 0 aromatic heterocycles. The third kappa shape index (κ3) is 5.98. The Morgan fingerprint density at radius 3 is 2.55 bits per heavy atom. The Balaban J connectivity index is 3.58. The summed E-state index contributed by atoms with van der Waals surface area (Å²) in [5.74, 6) is 0.0255. The topological polar surface area (TPSA) is 12.0 Å². The fourth-order valence-electron chi connectivity index (χ4n) is 1.04. The minimum absolute atomic E-state index is 0.0255. The Morgan fingerprint density at radius 1 is 1.55 bits per heavy atom. The molecule has 1 unspecified atom stereocenters. The van der Waals surface area contributed by atoms with Crippen LogP contribution >= 0.6 is 0 Å². The second-order valence-electron chi connectivity index (χ2n) is 2.57. The van der Waals surface area contributed by atoms with E-state index >= 15 is 0 Å². The lowest BCUT2D eigenvalue weighted by Gasteiger charge is -2.12. The Morgan fingerprint density at radius 2 is 2.18 bits per heavy atom. The highest BCUT2D eigenvalue weighted by Crippen LogP contribution is 2.13. The molecule has 0 fully saturated rings. The van der Waals surface area contributed by atoms with Gasteiger partial charge in [-0.3, -0.25) is 0 Å². The van der Waals surface area contributed by atoms with Crippen LogP contribution in [-0.4, -0.2) is 20.0 Å². The van der Waals surface area contributed by atoms with Crippen molar-refractivity contribution < 1.29 is 8.78 Å². The van der Waals surface area contributed by atoms with E-state index in [1.807, 2.05) is 0 Å². The first-order valence-electron chi connectivity index (χ1n) is 3.74. The minimum atomic E-state index is -2.20. The lowest BCUT2D eigenvalue weighted by Crippen LogP contribution is -2.20. The number of alkyl halides is 2. The van der Waals surface area contributed by atoms with Crippen LogP contribution in [-0.2, 0) is 0 Å². The lowest BCUT2D eigenvalue weighted by molar-refractivity contribution is 0.115. The number of hydrogen-bond donors (Lipinski definition) is 1. The van der Waals surface area contributed by atoms with Crippen molar-refractivity contribution in [3.63, 3.8) is 0 Å². The number of rotatable bonds is 6. The van der Waals surface area contributed by atoms with E-state index in [1.54, 1.807) is 13.1 Å². The van der Waals surface area contributed by atoms with E-state index in [0.29, 0.717) is 13.0 Å². The summed E-state index contributed by atoms with van der Waals surface area (Å²) in [6.07, 6.45) is 0.107. The normalized spacial score (nSPS) is 13.5. The van der Waals surface area contributed by atoms with Gasteiger partial charge in [-0.2, -0.15) is 0 Å². The van der Waals surface area contributed by atoms with Crippen molar-refractivity contribution in [1.82, 2.24) is 5.32 Å². The van der Waals surface area contributed by atoms with E-state index in [4.69, 9.17) is 0 Å². The fourth-order valence-corrected chi connectivity index (χ4v) is 1.04. The van der Waals surface area contributed by atoms with Crippen LogP contribution in [0.4, 0.5) is 8.78 Å². The highest BCUT2D eigenvalue weighted by Gasteiger charge is 2.12. The van der Waals surface area contributed by atoms with Gasteiger partial charge in [0.25, 0.3) is 0 Å². The van der Waals surface area contributed by atoms with Gasteiger partial charge in [-0.25, -0.2) is 8.78 Å². The maximum Gasteiger partial charge on any atom is 0.239 e. The predicted octanol–water partition coefficient (Wildman–Crippen LogP) is 2.05. The van der Waals surface area contributed by atoms with Crippen LogP contribution in [0.15, 0.2) is 12.7 Å². The number of nitrogens with one attached hydrogen (secondary N) is 1. The Hall–Kier alpha value is -0.440. The summed E-state index contributed by atoms with van der Waals surface area (Å²) in [6, 6.07) is 0. The summed E-state index contributed by atoms with van der Waals surface area (Å²) in [5.41, 5.74) is 0. The first kappa shape index (κ1) is 10.6. The largest absolute Gasteiger partial charge is 0.319 e. The lowest BCUT2D eigenvalue weighted by atomic mass is 10.0. The minimum Gasteiger partial charge on any atom is -0.319 e. The van der Waals surface area contributed by atoms with E-state index in [9.17, 15) is 8.78 Å². The van der Waals surface area contributed by atoms with Gasteiger partial charge in [0.1, 0.15) is 0 Å². The van der Waals surface area contributed by atoms with Gasteiger partial charge < -0.3 is 5.32 Å². The molecule has 0 heterocycles.